The minimum Gasteiger partial charge on any atom is -0.380 e. The van der Waals surface area contributed by atoms with Gasteiger partial charge in [0.15, 0.2) is 0 Å². The molecule has 0 radical (unpaired) electrons. The van der Waals surface area contributed by atoms with Gasteiger partial charge in [-0.3, -0.25) is 9.69 Å². The van der Waals surface area contributed by atoms with E-state index in [4.69, 9.17) is 0 Å². The molecule has 3 fully saturated rings. The summed E-state index contributed by atoms with van der Waals surface area (Å²) in [5.74, 6) is 0.640. The Bertz CT molecular complexity index is 877. The van der Waals surface area contributed by atoms with E-state index in [0.29, 0.717) is 12.8 Å². The predicted molar refractivity (Wildman–Crippen MR) is 123 cm³/mol. The van der Waals surface area contributed by atoms with Gasteiger partial charge in [-0.25, -0.2) is 0 Å². The molecule has 2 saturated carbocycles. The number of aliphatic hydroxyl groups is 1. The van der Waals surface area contributed by atoms with Gasteiger partial charge in [0.05, 0.1) is 0 Å². The quantitative estimate of drug-likeness (QED) is 0.739. The van der Waals surface area contributed by atoms with Gasteiger partial charge in [-0.1, -0.05) is 6.07 Å². The van der Waals surface area contributed by atoms with Crippen LogP contribution in [0.25, 0.3) is 10.1 Å². The smallest absolute Gasteiger partial charge is 0.252 e. The highest BCUT2D eigenvalue weighted by Crippen LogP contribution is 2.36. The van der Waals surface area contributed by atoms with Crippen LogP contribution in [0, 0.1) is 5.92 Å². The molecule has 1 aliphatic heterocycles. The predicted octanol–water partition coefficient (Wildman–Crippen LogP) is 3.61. The zero-order valence-corrected chi connectivity index (χ0v) is 18.5. The third-order valence-electron chi connectivity index (χ3n) is 7.37. The van der Waals surface area contributed by atoms with Crippen LogP contribution in [0.5, 0.6) is 0 Å². The molecule has 2 heterocycles. The molecule has 162 valence electrons. The van der Waals surface area contributed by atoms with Crippen LogP contribution >= 0.6 is 11.3 Å². The molecule has 5 rings (SSSR count). The zero-order chi connectivity index (χ0) is 20.6. The molecule has 0 atom stereocenters. The number of anilines is 1. The SMILES string of the molecule is O=C(NC1CCC(CCN2CCN(c3cccc4sccc34)CC2)CC1)C1(O)CC1. The summed E-state index contributed by atoms with van der Waals surface area (Å²) in [6.07, 6.45) is 7.04. The fraction of sp³-hybridized carbons (Fsp3) is 0.625. The summed E-state index contributed by atoms with van der Waals surface area (Å²) in [5, 5.41) is 16.6. The van der Waals surface area contributed by atoms with E-state index in [1.165, 1.54) is 41.6 Å². The number of rotatable bonds is 6. The van der Waals surface area contributed by atoms with Gasteiger partial charge in [0.25, 0.3) is 5.91 Å². The number of amides is 1. The third-order valence-corrected chi connectivity index (χ3v) is 8.25. The highest BCUT2D eigenvalue weighted by atomic mass is 32.1. The Kier molecular flexibility index (Phi) is 5.73. The summed E-state index contributed by atoms with van der Waals surface area (Å²) in [7, 11) is 0. The number of piperazine rings is 1. The fourth-order valence-corrected chi connectivity index (χ4v) is 5.90. The lowest BCUT2D eigenvalue weighted by Crippen LogP contribution is -2.47. The molecule has 2 aliphatic carbocycles. The lowest BCUT2D eigenvalue weighted by molar-refractivity contribution is -0.132. The topological polar surface area (TPSA) is 55.8 Å². The van der Waals surface area contributed by atoms with Crippen LogP contribution < -0.4 is 10.2 Å². The Balaban J connectivity index is 1.03. The van der Waals surface area contributed by atoms with Crippen LogP contribution in [0.2, 0.25) is 0 Å². The summed E-state index contributed by atoms with van der Waals surface area (Å²) >= 11 is 1.82. The standard InChI is InChI=1S/C24H33N3O2S/c28-23(24(29)10-11-24)25-19-6-4-18(5-7-19)8-12-26-13-15-27(16-14-26)21-2-1-3-22-20(21)9-17-30-22/h1-3,9,17-19,29H,4-8,10-16H2,(H,25,28). The first-order valence-electron chi connectivity index (χ1n) is 11.6. The van der Waals surface area contributed by atoms with Gasteiger partial charge < -0.3 is 15.3 Å². The number of carbonyl (C=O) groups excluding carboxylic acids is 1. The molecule has 1 amide bonds. The van der Waals surface area contributed by atoms with Crippen molar-refractivity contribution in [1.29, 1.82) is 0 Å². The summed E-state index contributed by atoms with van der Waals surface area (Å²) in [5.41, 5.74) is 0.359. The Hall–Kier alpha value is -1.63. The van der Waals surface area contributed by atoms with E-state index in [2.05, 4.69) is 44.8 Å². The van der Waals surface area contributed by atoms with Crippen molar-refractivity contribution in [3.05, 3.63) is 29.6 Å². The first-order valence-corrected chi connectivity index (χ1v) is 12.5. The average Bonchev–Trinajstić information content (AvgIpc) is 3.34. The van der Waals surface area contributed by atoms with Crippen molar-refractivity contribution in [1.82, 2.24) is 10.2 Å². The van der Waals surface area contributed by atoms with Crippen LogP contribution in [0.15, 0.2) is 29.6 Å². The van der Waals surface area contributed by atoms with E-state index in [9.17, 15) is 9.90 Å². The van der Waals surface area contributed by atoms with Gasteiger partial charge >= 0.3 is 0 Å². The normalized spacial score (nSPS) is 26.6. The highest BCUT2D eigenvalue weighted by Gasteiger charge is 2.48. The summed E-state index contributed by atoms with van der Waals surface area (Å²) in [6.45, 7) is 5.69. The third kappa shape index (κ3) is 4.36. The van der Waals surface area contributed by atoms with Crippen molar-refractivity contribution in [3.63, 3.8) is 0 Å². The van der Waals surface area contributed by atoms with Gasteiger partial charge in [0.1, 0.15) is 5.60 Å². The molecule has 30 heavy (non-hydrogen) atoms. The van der Waals surface area contributed by atoms with Crippen LogP contribution in [0.3, 0.4) is 0 Å². The van der Waals surface area contributed by atoms with Crippen molar-refractivity contribution < 1.29 is 9.90 Å². The number of nitrogens with one attached hydrogen (secondary N) is 1. The molecule has 1 saturated heterocycles. The lowest BCUT2D eigenvalue weighted by atomic mass is 9.84. The minimum atomic E-state index is -1.03. The number of benzene rings is 1. The van der Waals surface area contributed by atoms with Gasteiger partial charge in [0, 0.05) is 48.0 Å². The number of fused-ring (bicyclic) bond motifs is 1. The molecule has 6 heteroatoms. The Morgan fingerprint density at radius 3 is 2.60 bits per heavy atom. The van der Waals surface area contributed by atoms with Crippen molar-refractivity contribution in [2.24, 2.45) is 5.92 Å². The zero-order valence-electron chi connectivity index (χ0n) is 17.7. The van der Waals surface area contributed by atoms with Gasteiger partial charge in [-0.05, 0) is 81.0 Å². The monoisotopic (exact) mass is 427 g/mol. The molecule has 1 aromatic carbocycles. The van der Waals surface area contributed by atoms with E-state index in [1.807, 2.05) is 11.3 Å². The van der Waals surface area contributed by atoms with E-state index in [1.54, 1.807) is 0 Å². The van der Waals surface area contributed by atoms with Crippen LogP contribution in [0.4, 0.5) is 5.69 Å². The second-order valence-corrected chi connectivity index (χ2v) is 10.4. The molecule has 2 N–H and O–H groups in total. The van der Waals surface area contributed by atoms with Crippen LogP contribution in [-0.4, -0.2) is 60.3 Å². The molecular formula is C24H33N3O2S. The maximum Gasteiger partial charge on any atom is 0.252 e. The fourth-order valence-electron chi connectivity index (χ4n) is 5.09. The number of thiophene rings is 1. The molecule has 2 aromatic rings. The largest absolute Gasteiger partial charge is 0.380 e. The highest BCUT2D eigenvalue weighted by molar-refractivity contribution is 7.17. The van der Waals surface area contributed by atoms with Gasteiger partial charge in [-0.15, -0.1) is 11.3 Å². The molecule has 1 aromatic heterocycles. The molecular weight excluding hydrogens is 394 g/mol. The number of hydrogen-bond acceptors (Lipinski definition) is 5. The number of nitrogens with zero attached hydrogens (tertiary/aromatic N) is 2. The maximum absolute atomic E-state index is 12.0. The van der Waals surface area contributed by atoms with Crippen molar-refractivity contribution in [2.75, 3.05) is 37.6 Å². The van der Waals surface area contributed by atoms with Gasteiger partial charge in [-0.2, -0.15) is 0 Å². The Morgan fingerprint density at radius 1 is 1.10 bits per heavy atom. The van der Waals surface area contributed by atoms with E-state index in [-0.39, 0.29) is 11.9 Å². The second kappa shape index (κ2) is 8.48. The minimum absolute atomic E-state index is 0.137. The lowest BCUT2D eigenvalue weighted by Gasteiger charge is -2.37. The van der Waals surface area contributed by atoms with E-state index >= 15 is 0 Å². The first kappa shape index (κ1) is 20.3. The first-order chi connectivity index (χ1) is 14.6. The summed E-state index contributed by atoms with van der Waals surface area (Å²) < 4.78 is 1.38. The average molecular weight is 428 g/mol. The Labute approximate surface area is 183 Å². The molecule has 0 spiro atoms. The second-order valence-electron chi connectivity index (χ2n) is 9.45. The van der Waals surface area contributed by atoms with E-state index in [0.717, 1.165) is 44.9 Å². The maximum atomic E-state index is 12.0. The van der Waals surface area contributed by atoms with Crippen molar-refractivity contribution in [3.8, 4) is 0 Å². The number of hydrogen-bond donors (Lipinski definition) is 2. The van der Waals surface area contributed by atoms with Crippen molar-refractivity contribution >= 4 is 33.0 Å². The number of carbonyl (C=O) groups is 1. The summed E-state index contributed by atoms with van der Waals surface area (Å²) in [4.78, 5) is 17.2. The molecule has 3 aliphatic rings. The Morgan fingerprint density at radius 2 is 1.87 bits per heavy atom. The molecule has 5 nitrogen and oxygen atoms in total. The van der Waals surface area contributed by atoms with E-state index < -0.39 is 5.60 Å². The van der Waals surface area contributed by atoms with Gasteiger partial charge in [0.2, 0.25) is 0 Å². The van der Waals surface area contributed by atoms with Crippen molar-refractivity contribution in [2.45, 2.75) is 56.6 Å². The molecule has 0 bridgehead atoms. The van der Waals surface area contributed by atoms with Crippen LogP contribution in [0.1, 0.15) is 44.9 Å². The summed E-state index contributed by atoms with van der Waals surface area (Å²) in [6, 6.07) is 9.19. The van der Waals surface area contributed by atoms with Crippen LogP contribution in [-0.2, 0) is 4.79 Å². The molecule has 0 unspecified atom stereocenters.